The zero-order valence-electron chi connectivity index (χ0n) is 11.1. The van der Waals surface area contributed by atoms with Crippen LogP contribution in [0.1, 0.15) is 37.8 Å². The van der Waals surface area contributed by atoms with Gasteiger partial charge in [0.25, 0.3) is 0 Å². The molecule has 0 spiro atoms. The van der Waals surface area contributed by atoms with E-state index in [0.29, 0.717) is 11.8 Å². The van der Waals surface area contributed by atoms with Crippen LogP contribution in [0.25, 0.3) is 11.5 Å². The molecule has 2 rings (SSSR count). The molecule has 1 aromatic heterocycles. The highest BCUT2D eigenvalue weighted by atomic mass is 16.4. The second kappa shape index (κ2) is 5.78. The van der Waals surface area contributed by atoms with Gasteiger partial charge in [-0.1, -0.05) is 24.6 Å². The van der Waals surface area contributed by atoms with Gasteiger partial charge in [-0.2, -0.15) is 0 Å². The van der Waals surface area contributed by atoms with Gasteiger partial charge >= 0.3 is 0 Å². The van der Waals surface area contributed by atoms with Crippen molar-refractivity contribution in [3.63, 3.8) is 0 Å². The Morgan fingerprint density at radius 1 is 1.22 bits per heavy atom. The molecule has 0 radical (unpaired) electrons. The second-order valence-corrected chi connectivity index (χ2v) is 4.49. The minimum absolute atomic E-state index is 0.0941. The Morgan fingerprint density at radius 3 is 2.61 bits per heavy atom. The zero-order chi connectivity index (χ0) is 13.0. The van der Waals surface area contributed by atoms with E-state index >= 15 is 0 Å². The first-order chi connectivity index (χ1) is 8.70. The summed E-state index contributed by atoms with van der Waals surface area (Å²) < 4.78 is 5.68. The van der Waals surface area contributed by atoms with Crippen molar-refractivity contribution in [2.45, 2.75) is 33.2 Å². The summed E-state index contributed by atoms with van der Waals surface area (Å²) in [5.74, 6) is 1.22. The maximum absolute atomic E-state index is 5.68. The Bertz CT molecular complexity index is 490. The van der Waals surface area contributed by atoms with Crippen LogP contribution in [-0.4, -0.2) is 16.7 Å². The van der Waals surface area contributed by atoms with E-state index in [1.807, 2.05) is 31.2 Å². The Hall–Kier alpha value is -1.68. The molecule has 0 bridgehead atoms. The van der Waals surface area contributed by atoms with Gasteiger partial charge in [0.15, 0.2) is 0 Å². The number of nitrogens with one attached hydrogen (secondary N) is 1. The molecule has 1 N–H and O–H groups in total. The fraction of sp³-hybridized carbons (Fsp3) is 0.429. The average Bonchev–Trinajstić information content (AvgIpc) is 2.86. The third-order valence-electron chi connectivity index (χ3n) is 2.81. The summed E-state index contributed by atoms with van der Waals surface area (Å²) in [6.07, 6.45) is 1.09. The van der Waals surface area contributed by atoms with Crippen LogP contribution in [0.2, 0.25) is 0 Å². The molecule has 4 nitrogen and oxygen atoms in total. The summed E-state index contributed by atoms with van der Waals surface area (Å²) in [5.41, 5.74) is 2.18. The highest BCUT2D eigenvalue weighted by Crippen LogP contribution is 2.20. The minimum Gasteiger partial charge on any atom is -0.419 e. The number of benzene rings is 1. The van der Waals surface area contributed by atoms with Gasteiger partial charge in [-0.15, -0.1) is 10.2 Å². The Morgan fingerprint density at radius 2 is 1.94 bits per heavy atom. The van der Waals surface area contributed by atoms with E-state index < -0.39 is 0 Å². The molecule has 0 saturated carbocycles. The van der Waals surface area contributed by atoms with E-state index in [1.54, 1.807) is 0 Å². The number of rotatable bonds is 5. The van der Waals surface area contributed by atoms with Crippen LogP contribution in [0, 0.1) is 6.92 Å². The van der Waals surface area contributed by atoms with Crippen molar-refractivity contribution in [3.8, 4) is 11.5 Å². The molecule has 4 heteroatoms. The number of aryl methyl sites for hydroxylation is 1. The van der Waals surface area contributed by atoms with E-state index in [-0.39, 0.29) is 6.04 Å². The largest absolute Gasteiger partial charge is 0.419 e. The highest BCUT2D eigenvalue weighted by molar-refractivity contribution is 5.52. The summed E-state index contributed by atoms with van der Waals surface area (Å²) in [7, 11) is 0. The molecule has 1 unspecified atom stereocenters. The van der Waals surface area contributed by atoms with Gasteiger partial charge in [0.05, 0.1) is 6.04 Å². The quantitative estimate of drug-likeness (QED) is 0.879. The van der Waals surface area contributed by atoms with Crippen molar-refractivity contribution < 1.29 is 4.42 Å². The van der Waals surface area contributed by atoms with E-state index in [1.165, 1.54) is 5.56 Å². The predicted molar refractivity (Wildman–Crippen MR) is 71.2 cm³/mol. The molecule has 0 fully saturated rings. The minimum atomic E-state index is 0.0941. The molecule has 0 saturated heterocycles. The zero-order valence-corrected chi connectivity index (χ0v) is 11.1. The monoisotopic (exact) mass is 245 g/mol. The third kappa shape index (κ3) is 2.96. The van der Waals surface area contributed by atoms with Gasteiger partial charge < -0.3 is 9.73 Å². The smallest absolute Gasteiger partial charge is 0.247 e. The number of nitrogens with zero attached hydrogens (tertiary/aromatic N) is 2. The van der Waals surface area contributed by atoms with Crippen molar-refractivity contribution in [2.75, 3.05) is 6.54 Å². The summed E-state index contributed by atoms with van der Waals surface area (Å²) in [5, 5.41) is 11.5. The highest BCUT2D eigenvalue weighted by Gasteiger charge is 2.13. The van der Waals surface area contributed by atoms with Gasteiger partial charge in [-0.05, 0) is 38.9 Å². The van der Waals surface area contributed by atoms with Crippen LogP contribution in [0.15, 0.2) is 28.7 Å². The van der Waals surface area contributed by atoms with Gasteiger partial charge in [0.2, 0.25) is 11.8 Å². The molecule has 1 atom stereocenters. The lowest BCUT2D eigenvalue weighted by Crippen LogP contribution is -2.19. The summed E-state index contributed by atoms with van der Waals surface area (Å²) in [6.45, 7) is 7.16. The SMILES string of the molecule is CCCNC(C)c1nnc(-c2ccc(C)cc2)o1. The van der Waals surface area contributed by atoms with Crippen molar-refractivity contribution in [2.24, 2.45) is 0 Å². The van der Waals surface area contributed by atoms with Gasteiger partial charge in [-0.25, -0.2) is 0 Å². The summed E-state index contributed by atoms with van der Waals surface area (Å²) >= 11 is 0. The molecule has 1 aromatic carbocycles. The van der Waals surface area contributed by atoms with Crippen LogP contribution in [0.3, 0.4) is 0 Å². The van der Waals surface area contributed by atoms with Gasteiger partial charge in [0.1, 0.15) is 0 Å². The molecule has 0 amide bonds. The molecular formula is C14H19N3O. The lowest BCUT2D eigenvalue weighted by atomic mass is 10.1. The Kier molecular flexibility index (Phi) is 4.10. The topological polar surface area (TPSA) is 51.0 Å². The molecule has 0 aliphatic heterocycles. The molecule has 1 heterocycles. The molecule has 96 valence electrons. The van der Waals surface area contributed by atoms with Crippen LogP contribution < -0.4 is 5.32 Å². The van der Waals surface area contributed by atoms with E-state index in [4.69, 9.17) is 4.42 Å². The third-order valence-corrected chi connectivity index (χ3v) is 2.81. The van der Waals surface area contributed by atoms with Gasteiger partial charge in [0, 0.05) is 5.56 Å². The van der Waals surface area contributed by atoms with Crippen molar-refractivity contribution in [3.05, 3.63) is 35.7 Å². The summed E-state index contributed by atoms with van der Waals surface area (Å²) in [4.78, 5) is 0. The predicted octanol–water partition coefficient (Wildman–Crippen LogP) is 3.11. The fourth-order valence-electron chi connectivity index (χ4n) is 1.67. The van der Waals surface area contributed by atoms with E-state index in [2.05, 4.69) is 29.4 Å². The number of aromatic nitrogens is 2. The molecule has 0 aliphatic carbocycles. The van der Waals surface area contributed by atoms with Crippen molar-refractivity contribution in [1.29, 1.82) is 0 Å². The first kappa shape index (κ1) is 12.8. The van der Waals surface area contributed by atoms with Crippen LogP contribution >= 0.6 is 0 Å². The average molecular weight is 245 g/mol. The first-order valence-corrected chi connectivity index (χ1v) is 6.34. The normalized spacial score (nSPS) is 12.6. The van der Waals surface area contributed by atoms with E-state index in [9.17, 15) is 0 Å². The Labute approximate surface area is 107 Å². The number of hydrogen-bond donors (Lipinski definition) is 1. The Balaban J connectivity index is 2.12. The summed E-state index contributed by atoms with van der Waals surface area (Å²) in [6, 6.07) is 8.17. The van der Waals surface area contributed by atoms with E-state index in [0.717, 1.165) is 18.5 Å². The maximum Gasteiger partial charge on any atom is 0.247 e. The molecule has 18 heavy (non-hydrogen) atoms. The second-order valence-electron chi connectivity index (χ2n) is 4.49. The molecule has 2 aromatic rings. The van der Waals surface area contributed by atoms with Gasteiger partial charge in [-0.3, -0.25) is 0 Å². The lowest BCUT2D eigenvalue weighted by molar-refractivity contribution is 0.423. The fourth-order valence-corrected chi connectivity index (χ4v) is 1.67. The number of hydrogen-bond acceptors (Lipinski definition) is 4. The van der Waals surface area contributed by atoms with Crippen LogP contribution in [0.4, 0.5) is 0 Å². The van der Waals surface area contributed by atoms with Crippen LogP contribution in [-0.2, 0) is 0 Å². The standard InChI is InChI=1S/C14H19N3O/c1-4-9-15-11(3)13-16-17-14(18-13)12-7-5-10(2)6-8-12/h5-8,11,15H,4,9H2,1-3H3. The van der Waals surface area contributed by atoms with Crippen LogP contribution in [0.5, 0.6) is 0 Å². The van der Waals surface area contributed by atoms with Crippen molar-refractivity contribution in [1.82, 2.24) is 15.5 Å². The maximum atomic E-state index is 5.68. The molecular weight excluding hydrogens is 226 g/mol. The lowest BCUT2D eigenvalue weighted by Gasteiger charge is -2.07. The molecule has 0 aliphatic rings. The van der Waals surface area contributed by atoms with Crippen molar-refractivity contribution >= 4 is 0 Å². The first-order valence-electron chi connectivity index (χ1n) is 6.34.